The Morgan fingerprint density at radius 2 is 1.32 bits per heavy atom. The Balaban J connectivity index is 1.62. The maximum atomic E-state index is 12.8. The molecule has 0 fully saturated rings. The van der Waals surface area contributed by atoms with E-state index in [-0.39, 0.29) is 11.8 Å². The lowest BCUT2D eigenvalue weighted by atomic mass is 10.1. The van der Waals surface area contributed by atoms with E-state index >= 15 is 0 Å². The number of amides is 2. The van der Waals surface area contributed by atoms with Gasteiger partial charge in [0.05, 0.1) is 22.5 Å². The standard InChI is InChI=1S/C22H16N4O2/c1-13-7-9-15(10-8-13)26-23-18-11-14(2)20(12-19(18)24-26)25-21(27)16-5-3-4-6-17(16)22(25)28/h3-12H,1-2H3. The van der Waals surface area contributed by atoms with Crippen LogP contribution in [0.4, 0.5) is 5.69 Å². The van der Waals surface area contributed by atoms with Gasteiger partial charge in [0, 0.05) is 0 Å². The zero-order chi connectivity index (χ0) is 19.4. The number of benzene rings is 3. The van der Waals surface area contributed by atoms with Gasteiger partial charge in [-0.15, -0.1) is 10.2 Å². The Morgan fingerprint density at radius 1 is 0.750 bits per heavy atom. The van der Waals surface area contributed by atoms with Crippen molar-refractivity contribution in [3.05, 3.63) is 82.9 Å². The summed E-state index contributed by atoms with van der Waals surface area (Å²) in [7, 11) is 0. The summed E-state index contributed by atoms with van der Waals surface area (Å²) in [4.78, 5) is 28.4. The number of rotatable bonds is 2. The molecule has 0 saturated heterocycles. The van der Waals surface area contributed by atoms with Crippen LogP contribution in [-0.2, 0) is 0 Å². The monoisotopic (exact) mass is 368 g/mol. The van der Waals surface area contributed by atoms with E-state index in [4.69, 9.17) is 0 Å². The first-order valence-corrected chi connectivity index (χ1v) is 8.95. The van der Waals surface area contributed by atoms with E-state index in [0.29, 0.717) is 27.8 Å². The molecule has 2 heterocycles. The van der Waals surface area contributed by atoms with Gasteiger partial charge in [-0.2, -0.15) is 4.80 Å². The van der Waals surface area contributed by atoms with Gasteiger partial charge in [-0.3, -0.25) is 9.59 Å². The van der Waals surface area contributed by atoms with Crippen molar-refractivity contribution in [2.75, 3.05) is 4.90 Å². The molecule has 28 heavy (non-hydrogen) atoms. The van der Waals surface area contributed by atoms with Crippen LogP contribution in [0, 0.1) is 13.8 Å². The first kappa shape index (κ1) is 16.4. The summed E-state index contributed by atoms with van der Waals surface area (Å²) in [5, 5.41) is 9.08. The van der Waals surface area contributed by atoms with Gasteiger partial charge in [-0.1, -0.05) is 29.8 Å². The maximum Gasteiger partial charge on any atom is 0.266 e. The molecule has 0 unspecified atom stereocenters. The Morgan fingerprint density at radius 3 is 1.93 bits per heavy atom. The lowest BCUT2D eigenvalue weighted by Gasteiger charge is -2.16. The fourth-order valence-electron chi connectivity index (χ4n) is 3.50. The van der Waals surface area contributed by atoms with Crippen LogP contribution in [0.5, 0.6) is 0 Å². The number of nitrogens with zero attached hydrogens (tertiary/aromatic N) is 4. The van der Waals surface area contributed by atoms with Crippen LogP contribution < -0.4 is 4.90 Å². The molecule has 0 aliphatic carbocycles. The molecule has 1 aliphatic heterocycles. The zero-order valence-electron chi connectivity index (χ0n) is 15.4. The molecule has 2 amide bonds. The number of carbonyl (C=O) groups excluding carboxylic acids is 2. The number of aryl methyl sites for hydroxylation is 2. The molecule has 0 radical (unpaired) electrons. The van der Waals surface area contributed by atoms with Crippen molar-refractivity contribution < 1.29 is 9.59 Å². The molecule has 6 heteroatoms. The van der Waals surface area contributed by atoms with Crippen LogP contribution in [0.25, 0.3) is 16.7 Å². The van der Waals surface area contributed by atoms with Gasteiger partial charge in [-0.05, 0) is 55.8 Å². The van der Waals surface area contributed by atoms with Crippen LogP contribution in [0.2, 0.25) is 0 Å². The van der Waals surface area contributed by atoms with Gasteiger partial charge in [0.15, 0.2) is 0 Å². The van der Waals surface area contributed by atoms with Crippen molar-refractivity contribution in [3.63, 3.8) is 0 Å². The molecule has 5 rings (SSSR count). The molecule has 0 saturated carbocycles. The zero-order valence-corrected chi connectivity index (χ0v) is 15.4. The predicted octanol–water partition coefficient (Wildman–Crippen LogP) is 3.84. The number of hydrogen-bond donors (Lipinski definition) is 0. The third-order valence-corrected chi connectivity index (χ3v) is 5.00. The second-order valence-electron chi connectivity index (χ2n) is 6.94. The molecule has 1 aromatic heterocycles. The third kappa shape index (κ3) is 2.35. The summed E-state index contributed by atoms with van der Waals surface area (Å²) in [6.45, 7) is 3.89. The molecule has 0 N–H and O–H groups in total. The van der Waals surface area contributed by atoms with Gasteiger partial charge in [0.25, 0.3) is 11.8 Å². The Labute approximate surface area is 161 Å². The first-order valence-electron chi connectivity index (χ1n) is 8.95. The van der Waals surface area contributed by atoms with Gasteiger partial charge in [-0.25, -0.2) is 4.90 Å². The topological polar surface area (TPSA) is 68.1 Å². The Hall–Kier alpha value is -3.80. The molecule has 3 aromatic carbocycles. The van der Waals surface area contributed by atoms with Crippen molar-refractivity contribution >= 4 is 28.5 Å². The normalized spacial score (nSPS) is 13.4. The number of hydrogen-bond acceptors (Lipinski definition) is 4. The molecule has 136 valence electrons. The van der Waals surface area contributed by atoms with Gasteiger partial charge in [0.2, 0.25) is 0 Å². The van der Waals surface area contributed by atoms with Crippen LogP contribution in [-0.4, -0.2) is 26.8 Å². The van der Waals surface area contributed by atoms with Crippen LogP contribution in [0.3, 0.4) is 0 Å². The number of aromatic nitrogens is 3. The highest BCUT2D eigenvalue weighted by atomic mass is 16.2. The van der Waals surface area contributed by atoms with Crippen LogP contribution in [0.1, 0.15) is 31.8 Å². The molecule has 0 atom stereocenters. The van der Waals surface area contributed by atoms with Gasteiger partial charge in [0.1, 0.15) is 11.0 Å². The van der Waals surface area contributed by atoms with E-state index in [9.17, 15) is 9.59 Å². The molecule has 1 aliphatic rings. The molecule has 6 nitrogen and oxygen atoms in total. The second-order valence-corrected chi connectivity index (χ2v) is 6.94. The highest BCUT2D eigenvalue weighted by Gasteiger charge is 2.37. The fourth-order valence-corrected chi connectivity index (χ4v) is 3.50. The van der Waals surface area contributed by atoms with E-state index in [2.05, 4.69) is 10.2 Å². The Kier molecular flexibility index (Phi) is 3.42. The molecular formula is C22H16N4O2. The smallest absolute Gasteiger partial charge is 0.266 e. The minimum absolute atomic E-state index is 0.311. The predicted molar refractivity (Wildman–Crippen MR) is 106 cm³/mol. The lowest BCUT2D eigenvalue weighted by molar-refractivity contribution is 0.0926. The number of fused-ring (bicyclic) bond motifs is 2. The van der Waals surface area contributed by atoms with Crippen LogP contribution in [0.15, 0.2) is 60.7 Å². The van der Waals surface area contributed by atoms with Crippen molar-refractivity contribution in [1.82, 2.24) is 15.0 Å². The highest BCUT2D eigenvalue weighted by Crippen LogP contribution is 2.32. The van der Waals surface area contributed by atoms with E-state index in [1.807, 2.05) is 44.2 Å². The van der Waals surface area contributed by atoms with Crippen molar-refractivity contribution in [2.24, 2.45) is 0 Å². The minimum atomic E-state index is -0.311. The minimum Gasteiger partial charge on any atom is -0.268 e. The van der Waals surface area contributed by atoms with E-state index in [0.717, 1.165) is 16.8 Å². The second kappa shape index (κ2) is 5.85. The highest BCUT2D eigenvalue weighted by molar-refractivity contribution is 6.34. The molecular weight excluding hydrogens is 352 g/mol. The summed E-state index contributed by atoms with van der Waals surface area (Å²) >= 11 is 0. The molecule has 0 spiro atoms. The summed E-state index contributed by atoms with van der Waals surface area (Å²) in [6.07, 6.45) is 0. The lowest BCUT2D eigenvalue weighted by Crippen LogP contribution is -2.30. The van der Waals surface area contributed by atoms with Crippen molar-refractivity contribution in [3.8, 4) is 5.69 Å². The summed E-state index contributed by atoms with van der Waals surface area (Å²) < 4.78 is 0. The maximum absolute atomic E-state index is 12.8. The average molecular weight is 368 g/mol. The summed E-state index contributed by atoms with van der Waals surface area (Å²) in [6, 6.07) is 18.4. The Bertz CT molecular complexity index is 1240. The average Bonchev–Trinajstić information content (AvgIpc) is 3.21. The quantitative estimate of drug-likeness (QED) is 0.504. The molecule has 0 bridgehead atoms. The van der Waals surface area contributed by atoms with Gasteiger partial charge < -0.3 is 0 Å². The SMILES string of the molecule is Cc1ccc(-n2nc3cc(C)c(N4C(=O)c5ccccc5C4=O)cc3n2)cc1. The fraction of sp³-hybridized carbons (Fsp3) is 0.0909. The largest absolute Gasteiger partial charge is 0.268 e. The number of anilines is 1. The van der Waals surface area contributed by atoms with Crippen LogP contribution >= 0.6 is 0 Å². The van der Waals surface area contributed by atoms with Gasteiger partial charge >= 0.3 is 0 Å². The van der Waals surface area contributed by atoms with E-state index < -0.39 is 0 Å². The summed E-state index contributed by atoms with van der Waals surface area (Å²) in [5.74, 6) is -0.622. The number of carbonyl (C=O) groups is 2. The van der Waals surface area contributed by atoms with Crippen molar-refractivity contribution in [1.29, 1.82) is 0 Å². The van der Waals surface area contributed by atoms with Crippen molar-refractivity contribution in [2.45, 2.75) is 13.8 Å². The summed E-state index contributed by atoms with van der Waals surface area (Å²) in [5.41, 5.74) is 5.51. The molecule has 4 aromatic rings. The first-order chi connectivity index (χ1) is 13.5. The number of imide groups is 1. The third-order valence-electron chi connectivity index (χ3n) is 5.00. The van der Waals surface area contributed by atoms with E-state index in [1.54, 1.807) is 35.1 Å². The van der Waals surface area contributed by atoms with E-state index in [1.165, 1.54) is 4.90 Å².